The fourth-order valence-corrected chi connectivity index (χ4v) is 4.26. The van der Waals surface area contributed by atoms with Gasteiger partial charge in [0.25, 0.3) is 5.91 Å². The standard InChI is InChI=1S/C22H25N3O3/c26-22(16-5-8-20-21(13-16)28-15-27-20)23-18-14-17(24-9-1-2-10-24)6-7-19(18)25-11-3-4-12-25/h5-8,13-14H,1-4,9-12,15H2,(H,23,26). The fourth-order valence-electron chi connectivity index (χ4n) is 4.26. The van der Waals surface area contributed by atoms with Crippen molar-refractivity contribution in [2.75, 3.05) is 48.1 Å². The van der Waals surface area contributed by atoms with Gasteiger partial charge in [-0.1, -0.05) is 0 Å². The average Bonchev–Trinajstić information content (AvgIpc) is 3.49. The Morgan fingerprint density at radius 1 is 0.821 bits per heavy atom. The number of carbonyl (C=O) groups is 1. The van der Waals surface area contributed by atoms with Gasteiger partial charge in [-0.2, -0.15) is 0 Å². The van der Waals surface area contributed by atoms with Crippen molar-refractivity contribution in [3.63, 3.8) is 0 Å². The molecule has 0 bridgehead atoms. The Hall–Kier alpha value is -2.89. The molecule has 0 saturated carbocycles. The van der Waals surface area contributed by atoms with E-state index < -0.39 is 0 Å². The number of carbonyl (C=O) groups excluding carboxylic acids is 1. The van der Waals surface area contributed by atoms with Crippen LogP contribution >= 0.6 is 0 Å². The fraction of sp³-hybridized carbons (Fsp3) is 0.409. The predicted molar refractivity (Wildman–Crippen MR) is 110 cm³/mol. The highest BCUT2D eigenvalue weighted by molar-refractivity contribution is 6.06. The molecule has 0 aromatic heterocycles. The number of amides is 1. The highest BCUT2D eigenvalue weighted by Gasteiger charge is 2.21. The lowest BCUT2D eigenvalue weighted by Gasteiger charge is -2.25. The lowest BCUT2D eigenvalue weighted by atomic mass is 10.1. The molecule has 28 heavy (non-hydrogen) atoms. The summed E-state index contributed by atoms with van der Waals surface area (Å²) in [5.74, 6) is 1.18. The second-order valence-corrected chi connectivity index (χ2v) is 7.61. The molecule has 146 valence electrons. The Kier molecular flexibility index (Phi) is 4.47. The van der Waals surface area contributed by atoms with Gasteiger partial charge in [0.15, 0.2) is 11.5 Å². The zero-order valence-electron chi connectivity index (χ0n) is 15.9. The number of hydrogen-bond donors (Lipinski definition) is 1. The minimum absolute atomic E-state index is 0.127. The Morgan fingerprint density at radius 2 is 1.54 bits per heavy atom. The molecule has 0 spiro atoms. The zero-order valence-corrected chi connectivity index (χ0v) is 15.9. The number of nitrogens with one attached hydrogen (secondary N) is 1. The van der Waals surface area contributed by atoms with Crippen molar-refractivity contribution in [2.24, 2.45) is 0 Å². The van der Waals surface area contributed by atoms with Gasteiger partial charge in [-0.3, -0.25) is 4.79 Å². The van der Waals surface area contributed by atoms with Crippen LogP contribution in [0.3, 0.4) is 0 Å². The molecule has 0 unspecified atom stereocenters. The molecule has 3 aliphatic rings. The molecule has 0 aliphatic carbocycles. The first-order valence-corrected chi connectivity index (χ1v) is 10.1. The van der Waals surface area contributed by atoms with Crippen molar-refractivity contribution < 1.29 is 14.3 Å². The first-order chi connectivity index (χ1) is 13.8. The van der Waals surface area contributed by atoms with Crippen molar-refractivity contribution in [1.29, 1.82) is 0 Å². The van der Waals surface area contributed by atoms with Crippen LogP contribution in [0.4, 0.5) is 17.1 Å². The minimum atomic E-state index is -0.127. The monoisotopic (exact) mass is 379 g/mol. The van der Waals surface area contributed by atoms with Gasteiger partial charge >= 0.3 is 0 Å². The third-order valence-electron chi connectivity index (χ3n) is 5.78. The van der Waals surface area contributed by atoms with Crippen LogP contribution in [0.1, 0.15) is 36.0 Å². The van der Waals surface area contributed by atoms with Crippen LogP contribution in [0, 0.1) is 0 Å². The van der Waals surface area contributed by atoms with Crippen LogP contribution in [-0.2, 0) is 0 Å². The number of ether oxygens (including phenoxy) is 2. The van der Waals surface area contributed by atoms with E-state index in [9.17, 15) is 4.79 Å². The third kappa shape index (κ3) is 3.23. The number of benzene rings is 2. The summed E-state index contributed by atoms with van der Waals surface area (Å²) < 4.78 is 10.8. The number of rotatable bonds is 4. The van der Waals surface area contributed by atoms with Gasteiger partial charge in [-0.15, -0.1) is 0 Å². The van der Waals surface area contributed by atoms with E-state index >= 15 is 0 Å². The summed E-state index contributed by atoms with van der Waals surface area (Å²) >= 11 is 0. The zero-order chi connectivity index (χ0) is 18.9. The summed E-state index contributed by atoms with van der Waals surface area (Å²) in [4.78, 5) is 17.7. The predicted octanol–water partition coefficient (Wildman–Crippen LogP) is 3.87. The molecule has 2 aromatic rings. The van der Waals surface area contributed by atoms with Gasteiger partial charge in [0, 0.05) is 37.4 Å². The van der Waals surface area contributed by atoms with Gasteiger partial charge in [0.05, 0.1) is 11.4 Å². The van der Waals surface area contributed by atoms with Crippen LogP contribution in [0.15, 0.2) is 36.4 Å². The van der Waals surface area contributed by atoms with Crippen molar-refractivity contribution in [3.05, 3.63) is 42.0 Å². The topological polar surface area (TPSA) is 54.0 Å². The van der Waals surface area contributed by atoms with E-state index in [0.29, 0.717) is 17.1 Å². The SMILES string of the molecule is O=C(Nc1cc(N2CCCC2)ccc1N1CCCC1)c1ccc2c(c1)OCO2. The van der Waals surface area contributed by atoms with E-state index in [-0.39, 0.29) is 12.7 Å². The summed E-state index contributed by atoms with van der Waals surface area (Å²) in [6.45, 7) is 4.44. The molecule has 6 nitrogen and oxygen atoms in total. The molecular formula is C22H25N3O3. The molecule has 1 N–H and O–H groups in total. The molecule has 3 heterocycles. The largest absolute Gasteiger partial charge is 0.454 e. The molecule has 1 amide bonds. The number of hydrogen-bond acceptors (Lipinski definition) is 5. The first-order valence-electron chi connectivity index (χ1n) is 10.1. The first kappa shape index (κ1) is 17.2. The lowest BCUT2D eigenvalue weighted by Crippen LogP contribution is -2.23. The van der Waals surface area contributed by atoms with Gasteiger partial charge in [0.2, 0.25) is 6.79 Å². The third-order valence-corrected chi connectivity index (χ3v) is 5.78. The number of anilines is 3. The normalized spacial score (nSPS) is 18.0. The maximum Gasteiger partial charge on any atom is 0.255 e. The molecule has 2 aromatic carbocycles. The summed E-state index contributed by atoms with van der Waals surface area (Å²) in [7, 11) is 0. The summed E-state index contributed by atoms with van der Waals surface area (Å²) in [5.41, 5.74) is 3.74. The number of nitrogens with zero attached hydrogens (tertiary/aromatic N) is 2. The Morgan fingerprint density at radius 3 is 2.32 bits per heavy atom. The Labute approximate surface area is 165 Å². The van der Waals surface area contributed by atoms with Crippen molar-refractivity contribution in [2.45, 2.75) is 25.7 Å². The molecule has 2 fully saturated rings. The summed E-state index contributed by atoms with van der Waals surface area (Å²) in [5, 5.41) is 3.16. The van der Waals surface area contributed by atoms with Gasteiger partial charge < -0.3 is 24.6 Å². The highest BCUT2D eigenvalue weighted by Crippen LogP contribution is 2.36. The average molecular weight is 379 g/mol. The molecule has 2 saturated heterocycles. The van der Waals surface area contributed by atoms with E-state index in [4.69, 9.17) is 9.47 Å². The second-order valence-electron chi connectivity index (χ2n) is 7.61. The Balaban J connectivity index is 1.44. The van der Waals surface area contributed by atoms with Gasteiger partial charge in [-0.25, -0.2) is 0 Å². The van der Waals surface area contributed by atoms with E-state index in [0.717, 1.165) is 37.6 Å². The van der Waals surface area contributed by atoms with Crippen LogP contribution < -0.4 is 24.6 Å². The van der Waals surface area contributed by atoms with E-state index in [2.05, 4.69) is 33.3 Å². The van der Waals surface area contributed by atoms with Crippen LogP contribution in [0.2, 0.25) is 0 Å². The van der Waals surface area contributed by atoms with Crippen LogP contribution in [0.5, 0.6) is 11.5 Å². The van der Waals surface area contributed by atoms with Crippen LogP contribution in [0.25, 0.3) is 0 Å². The molecule has 0 atom stereocenters. The molecular weight excluding hydrogens is 354 g/mol. The van der Waals surface area contributed by atoms with Crippen molar-refractivity contribution in [3.8, 4) is 11.5 Å². The van der Waals surface area contributed by atoms with E-state index in [1.165, 1.54) is 31.4 Å². The quantitative estimate of drug-likeness (QED) is 0.874. The maximum atomic E-state index is 13.0. The molecule has 3 aliphatic heterocycles. The van der Waals surface area contributed by atoms with Gasteiger partial charge in [0.1, 0.15) is 0 Å². The van der Waals surface area contributed by atoms with Crippen molar-refractivity contribution >= 4 is 23.0 Å². The maximum absolute atomic E-state index is 13.0. The molecule has 6 heteroatoms. The summed E-state index contributed by atoms with van der Waals surface area (Å²) in [6.07, 6.45) is 4.85. The highest BCUT2D eigenvalue weighted by atomic mass is 16.7. The van der Waals surface area contributed by atoms with Crippen molar-refractivity contribution in [1.82, 2.24) is 0 Å². The lowest BCUT2D eigenvalue weighted by molar-refractivity contribution is 0.102. The minimum Gasteiger partial charge on any atom is -0.454 e. The smallest absolute Gasteiger partial charge is 0.255 e. The second kappa shape index (κ2) is 7.26. The Bertz CT molecular complexity index is 887. The molecule has 5 rings (SSSR count). The van der Waals surface area contributed by atoms with E-state index in [1.807, 2.05) is 0 Å². The number of fused-ring (bicyclic) bond motifs is 1. The van der Waals surface area contributed by atoms with E-state index in [1.54, 1.807) is 18.2 Å². The molecule has 0 radical (unpaired) electrons. The van der Waals surface area contributed by atoms with Gasteiger partial charge in [-0.05, 0) is 62.1 Å². The summed E-state index contributed by atoms with van der Waals surface area (Å²) in [6, 6.07) is 11.8. The van der Waals surface area contributed by atoms with Crippen LogP contribution in [-0.4, -0.2) is 38.9 Å².